The molecule has 3 aliphatic rings. The van der Waals surface area contributed by atoms with Gasteiger partial charge in [0.1, 0.15) is 0 Å². The number of aromatic nitrogens is 1. The summed E-state index contributed by atoms with van der Waals surface area (Å²) in [6.07, 6.45) is 8.03. The lowest BCUT2D eigenvalue weighted by atomic mass is 9.50. The number of hydrogen-bond acceptors (Lipinski definition) is 1. The smallest absolute Gasteiger partial charge is 0.0708 e. The SMILES string of the molecule is C1=CCC2C(=C1)c1cccc3c1C2(c1ccccc1)c1ccccc1C3(c1ccccc1)c1cccc(N(c2ccccc2)c2ccc(-n3c4ccccc4c4ccc5ccccc5c43)cc2)c1. The standard InChI is InChI=1S/C66H46N2/c1-4-21-46(22-5-1)65(59-34-15-16-35-60(59)66(47-23-6-2-7-24-47)58-33-14-12-30-54(58)56-32-19-36-61(65)63(56)66)48-25-18-28-52(44-48)67(49-26-8-3-9-27-49)50-39-41-51(42-40-50)68-62-37-17-13-31-55(62)57-43-38-45-20-10-11-29-53(45)64(57)68/h1-32,34-44,58H,33H2. The lowest BCUT2D eigenvalue weighted by molar-refractivity contribution is 0.454. The Morgan fingerprint density at radius 1 is 0.441 bits per heavy atom. The van der Waals surface area contributed by atoms with Gasteiger partial charge in [-0.05, 0) is 116 Å². The average Bonchev–Trinajstić information content (AvgIpc) is 3.92. The first-order valence-electron chi connectivity index (χ1n) is 24.0. The molecule has 0 saturated heterocycles. The van der Waals surface area contributed by atoms with Gasteiger partial charge in [0.2, 0.25) is 0 Å². The van der Waals surface area contributed by atoms with E-state index in [2.05, 4.69) is 270 Å². The summed E-state index contributed by atoms with van der Waals surface area (Å²) in [5.74, 6) is 0.269. The summed E-state index contributed by atoms with van der Waals surface area (Å²) in [7, 11) is 0. The van der Waals surface area contributed by atoms with Gasteiger partial charge in [-0.2, -0.15) is 0 Å². The number of hydrogen-bond donors (Lipinski definition) is 0. The van der Waals surface area contributed by atoms with Gasteiger partial charge in [0.05, 0.1) is 21.9 Å². The van der Waals surface area contributed by atoms with Crippen molar-refractivity contribution in [2.75, 3.05) is 4.90 Å². The number of anilines is 3. The molecular formula is C66H46N2. The van der Waals surface area contributed by atoms with Crippen LogP contribution in [0.3, 0.4) is 0 Å². The number of benzene rings is 10. The Kier molecular flexibility index (Phi) is 8.57. The van der Waals surface area contributed by atoms with E-state index < -0.39 is 5.41 Å². The van der Waals surface area contributed by atoms with Crippen LogP contribution in [0.5, 0.6) is 0 Å². The van der Waals surface area contributed by atoms with Crippen molar-refractivity contribution >= 4 is 55.2 Å². The highest BCUT2D eigenvalue weighted by Gasteiger charge is 2.60. The molecule has 0 saturated carbocycles. The third kappa shape index (κ3) is 5.29. The molecule has 1 aromatic heterocycles. The van der Waals surface area contributed by atoms with Crippen LogP contribution in [0.2, 0.25) is 0 Å². The van der Waals surface area contributed by atoms with Gasteiger partial charge in [-0.3, -0.25) is 0 Å². The van der Waals surface area contributed by atoms with Crippen molar-refractivity contribution in [3.05, 3.63) is 305 Å². The van der Waals surface area contributed by atoms with E-state index >= 15 is 0 Å². The summed E-state index contributed by atoms with van der Waals surface area (Å²) in [6.45, 7) is 0. The number of nitrogens with zero attached hydrogens (tertiary/aromatic N) is 2. The maximum absolute atomic E-state index is 2.47. The van der Waals surface area contributed by atoms with Crippen LogP contribution in [0.4, 0.5) is 17.1 Å². The fraction of sp³-hybridized carbons (Fsp3) is 0.0606. The highest BCUT2D eigenvalue weighted by atomic mass is 15.1. The van der Waals surface area contributed by atoms with Gasteiger partial charge in [-0.15, -0.1) is 0 Å². The highest BCUT2D eigenvalue weighted by molar-refractivity contribution is 6.18. The van der Waals surface area contributed by atoms with Crippen LogP contribution in [0, 0.1) is 5.92 Å². The Morgan fingerprint density at radius 2 is 1.06 bits per heavy atom. The molecule has 1 heterocycles. The Morgan fingerprint density at radius 3 is 1.87 bits per heavy atom. The summed E-state index contributed by atoms with van der Waals surface area (Å²) >= 11 is 0. The molecule has 2 heteroatoms. The molecule has 3 aliphatic carbocycles. The maximum Gasteiger partial charge on any atom is 0.0708 e. The fourth-order valence-corrected chi connectivity index (χ4v) is 13.0. The van der Waals surface area contributed by atoms with Crippen molar-refractivity contribution < 1.29 is 0 Å². The van der Waals surface area contributed by atoms with Gasteiger partial charge in [-0.25, -0.2) is 0 Å². The van der Waals surface area contributed by atoms with Crippen molar-refractivity contribution in [2.45, 2.75) is 17.3 Å². The molecule has 0 bridgehead atoms. The molecule has 10 aromatic carbocycles. The minimum Gasteiger partial charge on any atom is -0.310 e. The van der Waals surface area contributed by atoms with E-state index in [1.807, 2.05) is 0 Å². The van der Waals surface area contributed by atoms with Gasteiger partial charge >= 0.3 is 0 Å². The largest absolute Gasteiger partial charge is 0.310 e. The molecule has 0 amide bonds. The molecule has 320 valence electrons. The molecule has 0 radical (unpaired) electrons. The topological polar surface area (TPSA) is 8.17 Å². The second-order valence-corrected chi connectivity index (χ2v) is 18.7. The minimum atomic E-state index is -0.634. The van der Waals surface area contributed by atoms with Crippen LogP contribution >= 0.6 is 0 Å². The Hall–Kier alpha value is -8.46. The van der Waals surface area contributed by atoms with E-state index in [-0.39, 0.29) is 11.3 Å². The number of para-hydroxylation sites is 2. The lowest BCUT2D eigenvalue weighted by Gasteiger charge is -2.51. The van der Waals surface area contributed by atoms with Crippen LogP contribution in [0.15, 0.2) is 261 Å². The van der Waals surface area contributed by atoms with Crippen LogP contribution in [-0.4, -0.2) is 4.57 Å². The normalized spacial score (nSPS) is 18.8. The highest BCUT2D eigenvalue weighted by Crippen LogP contribution is 2.67. The van der Waals surface area contributed by atoms with Gasteiger partial charge < -0.3 is 9.47 Å². The Balaban J connectivity index is 0.999. The zero-order valence-corrected chi connectivity index (χ0v) is 37.5. The van der Waals surface area contributed by atoms with Gasteiger partial charge in [0.25, 0.3) is 0 Å². The van der Waals surface area contributed by atoms with Crippen molar-refractivity contribution in [1.29, 1.82) is 0 Å². The van der Waals surface area contributed by atoms with Crippen LogP contribution in [-0.2, 0) is 10.8 Å². The molecule has 2 nitrogen and oxygen atoms in total. The van der Waals surface area contributed by atoms with E-state index in [9.17, 15) is 0 Å². The predicted octanol–water partition coefficient (Wildman–Crippen LogP) is 16.4. The van der Waals surface area contributed by atoms with Crippen molar-refractivity contribution in [1.82, 2.24) is 4.57 Å². The number of fused-ring (bicyclic) bond motifs is 10. The van der Waals surface area contributed by atoms with E-state index in [4.69, 9.17) is 0 Å². The number of rotatable bonds is 7. The fourth-order valence-electron chi connectivity index (χ4n) is 13.0. The van der Waals surface area contributed by atoms with E-state index in [0.717, 1.165) is 29.2 Å². The Labute approximate surface area is 397 Å². The van der Waals surface area contributed by atoms with Gasteiger partial charge in [-0.1, -0.05) is 206 Å². The predicted molar refractivity (Wildman–Crippen MR) is 283 cm³/mol. The molecule has 0 fully saturated rings. The second kappa shape index (κ2) is 15.0. The summed E-state index contributed by atoms with van der Waals surface area (Å²) in [4.78, 5) is 2.43. The quantitative estimate of drug-likeness (QED) is 0.155. The molecule has 0 N–H and O–H groups in total. The third-order valence-electron chi connectivity index (χ3n) is 15.5. The van der Waals surface area contributed by atoms with Gasteiger partial charge in [0, 0.05) is 44.8 Å². The first-order valence-corrected chi connectivity index (χ1v) is 24.0. The lowest BCUT2D eigenvalue weighted by Crippen LogP contribution is -2.46. The zero-order chi connectivity index (χ0) is 44.8. The van der Waals surface area contributed by atoms with Crippen LogP contribution < -0.4 is 4.90 Å². The van der Waals surface area contributed by atoms with Crippen molar-refractivity contribution in [2.24, 2.45) is 5.92 Å². The molecule has 0 aliphatic heterocycles. The molecule has 0 spiro atoms. The first-order chi connectivity index (χ1) is 33.8. The van der Waals surface area contributed by atoms with Crippen molar-refractivity contribution in [3.8, 4) is 5.69 Å². The summed E-state index contributed by atoms with van der Waals surface area (Å²) in [5, 5.41) is 5.01. The summed E-state index contributed by atoms with van der Waals surface area (Å²) in [6, 6.07) is 90.8. The molecular weight excluding hydrogens is 821 g/mol. The van der Waals surface area contributed by atoms with Gasteiger partial charge in [0.15, 0.2) is 0 Å². The molecule has 3 atom stereocenters. The first kappa shape index (κ1) is 38.8. The van der Waals surface area contributed by atoms with Crippen molar-refractivity contribution in [3.63, 3.8) is 0 Å². The van der Waals surface area contributed by atoms with Crippen LogP contribution in [0.1, 0.15) is 50.9 Å². The molecule has 3 unspecified atom stereocenters. The van der Waals surface area contributed by atoms with E-state index in [1.54, 1.807) is 0 Å². The molecule has 68 heavy (non-hydrogen) atoms. The monoisotopic (exact) mass is 866 g/mol. The van der Waals surface area contributed by atoms with Crippen LogP contribution in [0.25, 0.3) is 43.8 Å². The van der Waals surface area contributed by atoms with E-state index in [1.165, 1.54) is 82.7 Å². The molecule has 14 rings (SSSR count). The molecule has 11 aromatic rings. The Bertz CT molecular complexity index is 3820. The summed E-state index contributed by atoms with van der Waals surface area (Å²) in [5.41, 5.74) is 18.0. The minimum absolute atomic E-state index is 0.269. The summed E-state index contributed by atoms with van der Waals surface area (Å²) < 4.78 is 2.45. The third-order valence-corrected chi connectivity index (χ3v) is 15.5. The maximum atomic E-state index is 2.47. The van der Waals surface area contributed by atoms with E-state index in [0.29, 0.717) is 0 Å². The average molecular weight is 867 g/mol. The number of allylic oxidation sites excluding steroid dienone is 4. The zero-order valence-electron chi connectivity index (χ0n) is 37.5. The second-order valence-electron chi connectivity index (χ2n) is 18.7.